The van der Waals surface area contributed by atoms with Crippen molar-refractivity contribution < 1.29 is 27.9 Å². The number of aryl methyl sites for hydroxylation is 1. The molecule has 0 amide bonds. The number of ether oxygens (including phenoxy) is 2. The van der Waals surface area contributed by atoms with E-state index in [-0.39, 0.29) is 12.2 Å². The standard InChI is InChI=1S/C34H26O6/c1-5-20-19(3)39-30-16-10-12-22(31(20)30)25-17-27(33(35)37-4)26(18-28(25)34(36)38-6-2)24-14-9-13-23-21-11-7-8-15-29(21)40-32(23)24/h5,7-18H,1,6H2,2-4H3. The minimum Gasteiger partial charge on any atom is -0.465 e. The van der Waals surface area contributed by atoms with Crippen LogP contribution in [0.2, 0.25) is 0 Å². The lowest BCUT2D eigenvalue weighted by Gasteiger charge is -2.16. The number of carbonyl (C=O) groups is 2. The first-order chi connectivity index (χ1) is 19.5. The fourth-order valence-electron chi connectivity index (χ4n) is 5.42. The van der Waals surface area contributed by atoms with Gasteiger partial charge in [0.25, 0.3) is 0 Å². The minimum absolute atomic E-state index is 0.193. The maximum absolute atomic E-state index is 13.5. The highest BCUT2D eigenvalue weighted by Crippen LogP contribution is 2.42. The molecule has 0 unspecified atom stereocenters. The highest BCUT2D eigenvalue weighted by Gasteiger charge is 2.26. The van der Waals surface area contributed by atoms with Crippen LogP contribution in [-0.2, 0) is 9.47 Å². The topological polar surface area (TPSA) is 78.9 Å². The molecule has 0 aliphatic rings. The molecule has 0 atom stereocenters. The molecule has 0 saturated carbocycles. The fourth-order valence-corrected chi connectivity index (χ4v) is 5.42. The monoisotopic (exact) mass is 530 g/mol. The molecule has 198 valence electrons. The van der Waals surface area contributed by atoms with E-state index in [9.17, 15) is 9.59 Å². The predicted molar refractivity (Wildman–Crippen MR) is 156 cm³/mol. The second kappa shape index (κ2) is 9.89. The Bertz CT molecular complexity index is 1970. The molecule has 0 saturated heterocycles. The molecular weight excluding hydrogens is 504 g/mol. The van der Waals surface area contributed by atoms with Gasteiger partial charge in [-0.1, -0.05) is 61.2 Å². The summed E-state index contributed by atoms with van der Waals surface area (Å²) >= 11 is 0. The lowest BCUT2D eigenvalue weighted by atomic mass is 9.88. The summed E-state index contributed by atoms with van der Waals surface area (Å²) in [6.07, 6.45) is 1.73. The predicted octanol–water partition coefficient (Wildman–Crippen LogP) is 8.58. The molecule has 6 heteroatoms. The van der Waals surface area contributed by atoms with Gasteiger partial charge in [-0.3, -0.25) is 0 Å². The van der Waals surface area contributed by atoms with E-state index < -0.39 is 11.9 Å². The fraction of sp³-hybridized carbons (Fsp3) is 0.118. The molecule has 2 heterocycles. The van der Waals surface area contributed by atoms with Crippen LogP contribution in [0.3, 0.4) is 0 Å². The van der Waals surface area contributed by atoms with Gasteiger partial charge in [-0.05, 0) is 49.2 Å². The van der Waals surface area contributed by atoms with Gasteiger partial charge < -0.3 is 18.3 Å². The van der Waals surface area contributed by atoms with Crippen LogP contribution in [0.5, 0.6) is 0 Å². The third-order valence-corrected chi connectivity index (χ3v) is 7.19. The van der Waals surface area contributed by atoms with Gasteiger partial charge in [0.05, 0.1) is 24.8 Å². The molecule has 2 aromatic heterocycles. The third kappa shape index (κ3) is 3.88. The van der Waals surface area contributed by atoms with Crippen molar-refractivity contribution in [3.63, 3.8) is 0 Å². The summed E-state index contributed by atoms with van der Waals surface area (Å²) < 4.78 is 23.0. The average molecular weight is 531 g/mol. The van der Waals surface area contributed by atoms with E-state index in [2.05, 4.69) is 6.58 Å². The van der Waals surface area contributed by atoms with E-state index in [1.54, 1.807) is 25.1 Å². The molecule has 0 spiro atoms. The van der Waals surface area contributed by atoms with E-state index in [0.29, 0.717) is 44.7 Å². The average Bonchev–Trinajstić information content (AvgIpc) is 3.52. The Morgan fingerprint density at radius 1 is 0.800 bits per heavy atom. The zero-order valence-corrected chi connectivity index (χ0v) is 22.4. The third-order valence-electron chi connectivity index (χ3n) is 7.19. The number of hydrogen-bond donors (Lipinski definition) is 0. The first kappa shape index (κ1) is 25.2. The Kier molecular flexibility index (Phi) is 6.23. The first-order valence-electron chi connectivity index (χ1n) is 13.0. The molecular formula is C34H26O6. The zero-order valence-electron chi connectivity index (χ0n) is 22.4. The summed E-state index contributed by atoms with van der Waals surface area (Å²) in [5.74, 6) is -0.347. The number of methoxy groups -OCH3 is 1. The number of furan rings is 2. The van der Waals surface area contributed by atoms with Crippen molar-refractivity contribution in [2.45, 2.75) is 13.8 Å². The summed E-state index contributed by atoms with van der Waals surface area (Å²) in [6.45, 7) is 7.77. The normalized spacial score (nSPS) is 11.3. The van der Waals surface area contributed by atoms with E-state index >= 15 is 0 Å². The largest absolute Gasteiger partial charge is 0.465 e. The van der Waals surface area contributed by atoms with Gasteiger partial charge in [-0.25, -0.2) is 9.59 Å². The van der Waals surface area contributed by atoms with Gasteiger partial charge >= 0.3 is 11.9 Å². The van der Waals surface area contributed by atoms with Gasteiger partial charge in [-0.15, -0.1) is 0 Å². The van der Waals surface area contributed by atoms with Crippen molar-refractivity contribution in [2.75, 3.05) is 13.7 Å². The van der Waals surface area contributed by atoms with E-state index in [0.717, 1.165) is 27.3 Å². The number of carbonyl (C=O) groups excluding carboxylic acids is 2. The van der Waals surface area contributed by atoms with Crippen LogP contribution >= 0.6 is 0 Å². The van der Waals surface area contributed by atoms with Crippen LogP contribution in [0.25, 0.3) is 61.2 Å². The first-order valence-corrected chi connectivity index (χ1v) is 13.0. The molecule has 0 aliphatic heterocycles. The summed E-state index contributed by atoms with van der Waals surface area (Å²) in [5.41, 5.74) is 5.79. The highest BCUT2D eigenvalue weighted by atomic mass is 16.5. The summed E-state index contributed by atoms with van der Waals surface area (Å²) in [5, 5.41) is 2.66. The SMILES string of the molecule is C=Cc1c(C)oc2cccc(-c3cc(C(=O)OC)c(-c4cccc5c4oc4ccccc45)cc3C(=O)OCC)c12. The summed E-state index contributed by atoms with van der Waals surface area (Å²) in [4.78, 5) is 26.8. The highest BCUT2D eigenvalue weighted by molar-refractivity contribution is 6.14. The van der Waals surface area contributed by atoms with Crippen molar-refractivity contribution in [3.05, 3.63) is 102 Å². The van der Waals surface area contributed by atoms with Gasteiger partial charge in [0, 0.05) is 32.8 Å². The second-order valence-electron chi connectivity index (χ2n) is 9.39. The van der Waals surface area contributed by atoms with Crippen LogP contribution in [0.1, 0.15) is 39.0 Å². The van der Waals surface area contributed by atoms with Crippen LogP contribution < -0.4 is 0 Å². The zero-order chi connectivity index (χ0) is 28.0. The van der Waals surface area contributed by atoms with Crippen molar-refractivity contribution in [1.29, 1.82) is 0 Å². The summed E-state index contributed by atoms with van der Waals surface area (Å²) in [6, 6.07) is 22.5. The minimum atomic E-state index is -0.542. The van der Waals surface area contributed by atoms with Crippen LogP contribution in [-0.4, -0.2) is 25.7 Å². The Morgan fingerprint density at radius 3 is 2.20 bits per heavy atom. The maximum Gasteiger partial charge on any atom is 0.338 e. The van der Waals surface area contributed by atoms with E-state index in [1.165, 1.54) is 7.11 Å². The van der Waals surface area contributed by atoms with Gasteiger partial charge in [0.2, 0.25) is 0 Å². The quantitative estimate of drug-likeness (QED) is 0.201. The smallest absolute Gasteiger partial charge is 0.338 e. The Balaban J connectivity index is 1.71. The molecule has 0 N–H and O–H groups in total. The second-order valence-corrected chi connectivity index (χ2v) is 9.39. The Morgan fingerprint density at radius 2 is 1.45 bits per heavy atom. The summed E-state index contributed by atoms with van der Waals surface area (Å²) in [7, 11) is 1.34. The maximum atomic E-state index is 13.5. The molecule has 4 aromatic carbocycles. The van der Waals surface area contributed by atoms with Gasteiger partial charge in [-0.2, -0.15) is 0 Å². The van der Waals surface area contributed by atoms with Gasteiger partial charge in [0.15, 0.2) is 0 Å². The molecule has 6 nitrogen and oxygen atoms in total. The number of hydrogen-bond acceptors (Lipinski definition) is 6. The molecule has 6 aromatic rings. The van der Waals surface area contributed by atoms with Crippen molar-refractivity contribution in [1.82, 2.24) is 0 Å². The number of para-hydroxylation sites is 2. The molecule has 0 fully saturated rings. The number of benzene rings is 4. The molecule has 0 radical (unpaired) electrons. The Labute approximate surface area is 230 Å². The van der Waals surface area contributed by atoms with Crippen molar-refractivity contribution >= 4 is 50.9 Å². The van der Waals surface area contributed by atoms with E-state index in [1.807, 2.05) is 67.6 Å². The number of esters is 2. The lowest BCUT2D eigenvalue weighted by molar-refractivity contribution is 0.0525. The van der Waals surface area contributed by atoms with Crippen molar-refractivity contribution in [3.8, 4) is 22.3 Å². The molecule has 0 bridgehead atoms. The lowest BCUT2D eigenvalue weighted by Crippen LogP contribution is -2.11. The molecule has 6 rings (SSSR count). The van der Waals surface area contributed by atoms with Crippen LogP contribution in [0.15, 0.2) is 88.2 Å². The molecule has 40 heavy (non-hydrogen) atoms. The molecule has 0 aliphatic carbocycles. The van der Waals surface area contributed by atoms with Crippen molar-refractivity contribution in [2.24, 2.45) is 0 Å². The van der Waals surface area contributed by atoms with Crippen LogP contribution in [0, 0.1) is 6.92 Å². The van der Waals surface area contributed by atoms with Gasteiger partial charge in [0.1, 0.15) is 22.5 Å². The van der Waals surface area contributed by atoms with Crippen LogP contribution in [0.4, 0.5) is 0 Å². The Hall–Kier alpha value is -5.10. The number of rotatable bonds is 6. The number of fused-ring (bicyclic) bond motifs is 4. The van der Waals surface area contributed by atoms with E-state index in [4.69, 9.17) is 18.3 Å².